The second-order valence-corrected chi connectivity index (χ2v) is 7.13. The predicted octanol–water partition coefficient (Wildman–Crippen LogP) is 1.97. The molecule has 0 bridgehead atoms. The van der Waals surface area contributed by atoms with Crippen LogP contribution in [-0.2, 0) is 14.1 Å². The van der Waals surface area contributed by atoms with Gasteiger partial charge >= 0.3 is 5.69 Å². The molecule has 0 atom stereocenters. The van der Waals surface area contributed by atoms with Crippen LogP contribution >= 0.6 is 0 Å². The number of hydrogen-bond donors (Lipinski definition) is 1. The molecule has 0 fully saturated rings. The van der Waals surface area contributed by atoms with E-state index < -0.39 is 11.2 Å². The number of pyridine rings is 1. The summed E-state index contributed by atoms with van der Waals surface area (Å²) in [7, 11) is 2.96. The Kier molecular flexibility index (Phi) is 6.71. The van der Waals surface area contributed by atoms with E-state index in [9.17, 15) is 14.4 Å². The van der Waals surface area contributed by atoms with Crippen molar-refractivity contribution in [3.8, 4) is 0 Å². The first-order valence-corrected chi connectivity index (χ1v) is 9.18. The molecule has 26 heavy (non-hydrogen) atoms. The summed E-state index contributed by atoms with van der Waals surface area (Å²) in [5.74, 6) is 0.448. The summed E-state index contributed by atoms with van der Waals surface area (Å²) in [5.41, 5.74) is -0.446. The number of amides is 1. The Labute approximate surface area is 153 Å². The molecule has 7 heteroatoms. The summed E-state index contributed by atoms with van der Waals surface area (Å²) in [4.78, 5) is 40.6. The Morgan fingerprint density at radius 3 is 2.46 bits per heavy atom. The highest BCUT2D eigenvalue weighted by molar-refractivity contribution is 5.94. The van der Waals surface area contributed by atoms with Gasteiger partial charge in [0.25, 0.3) is 11.5 Å². The molecule has 0 aliphatic heterocycles. The first-order valence-electron chi connectivity index (χ1n) is 9.18. The van der Waals surface area contributed by atoms with Gasteiger partial charge in [-0.15, -0.1) is 0 Å². The zero-order valence-electron chi connectivity index (χ0n) is 16.0. The van der Waals surface area contributed by atoms with Crippen LogP contribution in [0.3, 0.4) is 0 Å². The van der Waals surface area contributed by atoms with Crippen LogP contribution in [0.1, 0.15) is 56.4 Å². The summed E-state index contributed by atoms with van der Waals surface area (Å²) in [6.07, 6.45) is 5.65. The summed E-state index contributed by atoms with van der Waals surface area (Å²) in [5, 5.41) is 3.17. The standard InChI is InChI=1S/C19H28N4O3/c1-13(2)9-7-5-6-8-12-20-17(24)15-11-10-14-16(21-15)22(3)19(26)23(4)18(14)25/h10-11,13H,5-9,12H2,1-4H3,(H,20,24). The van der Waals surface area contributed by atoms with Crippen molar-refractivity contribution in [2.45, 2.75) is 46.0 Å². The topological polar surface area (TPSA) is 86.0 Å². The molecule has 0 aromatic carbocycles. The van der Waals surface area contributed by atoms with Gasteiger partial charge in [0, 0.05) is 20.6 Å². The molecule has 2 rings (SSSR count). The average Bonchev–Trinajstić information content (AvgIpc) is 2.62. The van der Waals surface area contributed by atoms with Crippen molar-refractivity contribution >= 4 is 16.9 Å². The Morgan fingerprint density at radius 1 is 1.08 bits per heavy atom. The molecule has 0 saturated carbocycles. The predicted molar refractivity (Wildman–Crippen MR) is 102 cm³/mol. The average molecular weight is 360 g/mol. The lowest BCUT2D eigenvalue weighted by atomic mass is 10.0. The van der Waals surface area contributed by atoms with E-state index in [2.05, 4.69) is 24.1 Å². The third-order valence-electron chi connectivity index (χ3n) is 4.53. The zero-order chi connectivity index (χ0) is 19.3. The number of unbranched alkanes of at least 4 members (excludes halogenated alkanes) is 3. The third kappa shape index (κ3) is 4.59. The van der Waals surface area contributed by atoms with Crippen LogP contribution in [0.2, 0.25) is 0 Å². The minimum Gasteiger partial charge on any atom is -0.351 e. The number of aromatic nitrogens is 3. The number of fused-ring (bicyclic) bond motifs is 1. The van der Waals surface area contributed by atoms with Crippen LogP contribution in [0.4, 0.5) is 0 Å². The van der Waals surface area contributed by atoms with Crippen molar-refractivity contribution in [3.63, 3.8) is 0 Å². The Balaban J connectivity index is 1.99. The molecule has 1 N–H and O–H groups in total. The fraction of sp³-hybridized carbons (Fsp3) is 0.579. The van der Waals surface area contributed by atoms with Crippen molar-refractivity contribution in [2.75, 3.05) is 6.54 Å². The minimum atomic E-state index is -0.464. The number of rotatable bonds is 8. The molecule has 0 aliphatic rings. The van der Waals surface area contributed by atoms with Crippen molar-refractivity contribution in [1.29, 1.82) is 0 Å². The van der Waals surface area contributed by atoms with Gasteiger partial charge in [-0.05, 0) is 24.5 Å². The Morgan fingerprint density at radius 2 is 1.77 bits per heavy atom. The molecule has 0 spiro atoms. The van der Waals surface area contributed by atoms with E-state index in [-0.39, 0.29) is 17.2 Å². The Hall–Kier alpha value is -2.44. The number of hydrogen-bond acceptors (Lipinski definition) is 4. The minimum absolute atomic E-state index is 0.209. The highest BCUT2D eigenvalue weighted by Gasteiger charge is 2.13. The lowest BCUT2D eigenvalue weighted by Gasteiger charge is -2.09. The van der Waals surface area contributed by atoms with E-state index in [0.29, 0.717) is 11.9 Å². The number of nitrogens with zero attached hydrogens (tertiary/aromatic N) is 3. The summed E-state index contributed by atoms with van der Waals surface area (Å²) in [6, 6.07) is 3.07. The van der Waals surface area contributed by atoms with Gasteiger partial charge in [-0.3, -0.25) is 18.7 Å². The van der Waals surface area contributed by atoms with E-state index in [0.717, 1.165) is 23.3 Å². The van der Waals surface area contributed by atoms with Crippen molar-refractivity contribution in [1.82, 2.24) is 19.4 Å². The van der Waals surface area contributed by atoms with E-state index in [4.69, 9.17) is 0 Å². The maximum absolute atomic E-state index is 12.3. The summed E-state index contributed by atoms with van der Waals surface area (Å²) < 4.78 is 2.31. The molecule has 0 radical (unpaired) electrons. The van der Waals surface area contributed by atoms with Crippen molar-refractivity contribution < 1.29 is 4.79 Å². The van der Waals surface area contributed by atoms with E-state index in [1.165, 1.54) is 44.0 Å². The third-order valence-corrected chi connectivity index (χ3v) is 4.53. The monoisotopic (exact) mass is 360 g/mol. The van der Waals surface area contributed by atoms with Gasteiger partial charge in [0.1, 0.15) is 11.3 Å². The van der Waals surface area contributed by atoms with E-state index >= 15 is 0 Å². The van der Waals surface area contributed by atoms with Crippen LogP contribution in [-0.4, -0.2) is 26.6 Å². The van der Waals surface area contributed by atoms with Gasteiger partial charge in [-0.1, -0.05) is 39.5 Å². The molecule has 0 unspecified atom stereocenters. The second kappa shape index (κ2) is 8.78. The lowest BCUT2D eigenvalue weighted by Crippen LogP contribution is -2.37. The van der Waals surface area contributed by atoms with Gasteiger partial charge in [0.15, 0.2) is 0 Å². The first-order chi connectivity index (χ1) is 12.3. The van der Waals surface area contributed by atoms with E-state index in [1.807, 2.05) is 0 Å². The number of nitrogens with one attached hydrogen (secondary N) is 1. The molecular formula is C19H28N4O3. The number of aryl methyl sites for hydroxylation is 1. The summed E-state index contributed by atoms with van der Waals surface area (Å²) >= 11 is 0. The maximum Gasteiger partial charge on any atom is 0.332 e. The van der Waals surface area contributed by atoms with Crippen LogP contribution in [0.5, 0.6) is 0 Å². The lowest BCUT2D eigenvalue weighted by molar-refractivity contribution is 0.0948. The molecule has 7 nitrogen and oxygen atoms in total. The number of carbonyl (C=O) groups excluding carboxylic acids is 1. The van der Waals surface area contributed by atoms with Crippen molar-refractivity contribution in [2.24, 2.45) is 20.0 Å². The molecule has 2 aromatic rings. The first kappa shape index (κ1) is 19.9. The molecule has 0 aliphatic carbocycles. The smallest absolute Gasteiger partial charge is 0.332 e. The molecule has 142 valence electrons. The molecule has 2 heterocycles. The zero-order valence-corrected chi connectivity index (χ0v) is 16.0. The SMILES string of the molecule is CC(C)CCCCCCNC(=O)c1ccc2c(=O)n(C)c(=O)n(C)c2n1. The van der Waals surface area contributed by atoms with Crippen LogP contribution in [0.25, 0.3) is 11.0 Å². The normalized spacial score (nSPS) is 11.3. The van der Waals surface area contributed by atoms with E-state index in [1.54, 1.807) is 6.07 Å². The maximum atomic E-state index is 12.3. The molecule has 0 saturated heterocycles. The fourth-order valence-electron chi connectivity index (χ4n) is 2.90. The van der Waals surface area contributed by atoms with Gasteiger partial charge in [-0.25, -0.2) is 9.78 Å². The number of carbonyl (C=O) groups is 1. The molecule has 2 aromatic heterocycles. The van der Waals surface area contributed by atoms with Gasteiger partial charge < -0.3 is 5.32 Å². The van der Waals surface area contributed by atoms with Gasteiger partial charge in [0.2, 0.25) is 0 Å². The van der Waals surface area contributed by atoms with Crippen molar-refractivity contribution in [3.05, 3.63) is 38.7 Å². The molecular weight excluding hydrogens is 332 g/mol. The Bertz CT molecular complexity index is 896. The molecule has 1 amide bonds. The quantitative estimate of drug-likeness (QED) is 0.729. The van der Waals surface area contributed by atoms with Crippen LogP contribution < -0.4 is 16.6 Å². The second-order valence-electron chi connectivity index (χ2n) is 7.13. The van der Waals surface area contributed by atoms with Gasteiger partial charge in [0.05, 0.1) is 5.39 Å². The van der Waals surface area contributed by atoms with Gasteiger partial charge in [-0.2, -0.15) is 0 Å². The summed E-state index contributed by atoms with van der Waals surface area (Å²) in [6.45, 7) is 5.04. The van der Waals surface area contributed by atoms with Crippen LogP contribution in [0, 0.1) is 5.92 Å². The fourth-order valence-corrected chi connectivity index (χ4v) is 2.90. The highest BCUT2D eigenvalue weighted by atomic mass is 16.2. The highest BCUT2D eigenvalue weighted by Crippen LogP contribution is 2.09. The largest absolute Gasteiger partial charge is 0.351 e. The van der Waals surface area contributed by atoms with Crippen LogP contribution in [0.15, 0.2) is 21.7 Å².